The maximum Gasteiger partial charge on any atom is 0.246 e. The second-order valence-electron chi connectivity index (χ2n) is 3.87. The topological polar surface area (TPSA) is 49.4 Å². The van der Waals surface area contributed by atoms with Crippen LogP contribution in [0.1, 0.15) is 5.56 Å². The molecule has 0 unspecified atom stereocenters. The number of hydrogen-bond acceptors (Lipinski definition) is 3. The Balaban J connectivity index is 3.39. The van der Waals surface area contributed by atoms with Crippen molar-refractivity contribution in [2.24, 2.45) is 0 Å². The van der Waals surface area contributed by atoms with Crippen molar-refractivity contribution in [2.45, 2.75) is 11.4 Å². The number of sulfonamides is 1. The second kappa shape index (κ2) is 6.35. The summed E-state index contributed by atoms with van der Waals surface area (Å²) in [6.07, 6.45) is 5.06. The number of benzene rings is 1. The highest BCUT2D eigenvalue weighted by atomic mass is 35.5. The van der Waals surface area contributed by atoms with Crippen LogP contribution in [0.4, 0.5) is 4.39 Å². The molecule has 0 radical (unpaired) electrons. The van der Waals surface area contributed by atoms with Gasteiger partial charge in [0, 0.05) is 24.2 Å². The van der Waals surface area contributed by atoms with E-state index in [1.54, 1.807) is 7.05 Å². The molecule has 0 saturated heterocycles. The highest BCUT2D eigenvalue weighted by Crippen LogP contribution is 2.25. The fraction of sp³-hybridized carbons (Fsp3) is 0.333. The zero-order valence-corrected chi connectivity index (χ0v) is 12.1. The first-order chi connectivity index (χ1) is 8.84. The average Bonchev–Trinajstić information content (AvgIpc) is 2.33. The first-order valence-corrected chi connectivity index (χ1v) is 7.18. The minimum absolute atomic E-state index is 0.143. The van der Waals surface area contributed by atoms with Crippen LogP contribution < -0.4 is 5.32 Å². The largest absolute Gasteiger partial charge is 0.316 e. The van der Waals surface area contributed by atoms with Crippen LogP contribution in [0.3, 0.4) is 0 Å². The van der Waals surface area contributed by atoms with Crippen LogP contribution in [0.25, 0.3) is 0 Å². The summed E-state index contributed by atoms with van der Waals surface area (Å²) in [5.41, 5.74) is 0.183. The Morgan fingerprint density at radius 2 is 2.16 bits per heavy atom. The molecule has 19 heavy (non-hydrogen) atoms. The van der Waals surface area contributed by atoms with E-state index < -0.39 is 20.7 Å². The van der Waals surface area contributed by atoms with Crippen LogP contribution in [0.5, 0.6) is 0 Å². The first kappa shape index (κ1) is 15.9. The van der Waals surface area contributed by atoms with Crippen LogP contribution in [0.2, 0.25) is 5.02 Å². The van der Waals surface area contributed by atoms with Gasteiger partial charge in [-0.3, -0.25) is 0 Å². The average molecular weight is 305 g/mol. The maximum atomic E-state index is 14.2. The highest BCUT2D eigenvalue weighted by Gasteiger charge is 2.26. The van der Waals surface area contributed by atoms with Gasteiger partial charge >= 0.3 is 0 Å². The molecule has 0 aliphatic rings. The van der Waals surface area contributed by atoms with E-state index in [2.05, 4.69) is 11.2 Å². The molecule has 104 valence electrons. The lowest BCUT2D eigenvalue weighted by Gasteiger charge is -2.16. The lowest BCUT2D eigenvalue weighted by molar-refractivity contribution is 0.490. The number of nitrogens with zero attached hydrogens (tertiary/aromatic N) is 1. The molecule has 1 rings (SSSR count). The standard InChI is InChI=1S/C12H14ClFN2O2S/c1-4-5-16(3)19(17,18)11-7-10(13)6-9(8-15-2)12(11)14/h1,6-7,15H,5,8H2,2-3H3. The maximum absolute atomic E-state index is 14.2. The van der Waals surface area contributed by atoms with E-state index in [9.17, 15) is 12.8 Å². The van der Waals surface area contributed by atoms with Crippen LogP contribution in [-0.2, 0) is 16.6 Å². The van der Waals surface area contributed by atoms with Gasteiger partial charge in [0.05, 0.1) is 6.54 Å². The van der Waals surface area contributed by atoms with Crippen molar-refractivity contribution in [1.29, 1.82) is 0 Å². The summed E-state index contributed by atoms with van der Waals surface area (Å²) in [6, 6.07) is 2.46. The molecule has 0 atom stereocenters. The Kier molecular flexibility index (Phi) is 5.32. The van der Waals surface area contributed by atoms with Gasteiger partial charge < -0.3 is 5.32 Å². The number of halogens is 2. The summed E-state index contributed by atoms with van der Waals surface area (Å²) >= 11 is 5.83. The minimum atomic E-state index is -3.99. The van der Waals surface area contributed by atoms with Gasteiger partial charge in [0.25, 0.3) is 0 Å². The highest BCUT2D eigenvalue weighted by molar-refractivity contribution is 7.89. The monoisotopic (exact) mass is 304 g/mol. The fourth-order valence-electron chi connectivity index (χ4n) is 1.51. The first-order valence-electron chi connectivity index (χ1n) is 5.37. The summed E-state index contributed by atoms with van der Waals surface area (Å²) in [4.78, 5) is -0.469. The van der Waals surface area contributed by atoms with Crippen molar-refractivity contribution in [3.8, 4) is 12.3 Å². The van der Waals surface area contributed by atoms with E-state index in [4.69, 9.17) is 18.0 Å². The van der Waals surface area contributed by atoms with Gasteiger partial charge in [0.1, 0.15) is 10.7 Å². The normalized spacial score (nSPS) is 11.6. The zero-order chi connectivity index (χ0) is 14.6. The number of nitrogens with one attached hydrogen (secondary N) is 1. The van der Waals surface area contributed by atoms with Crippen LogP contribution >= 0.6 is 11.6 Å². The zero-order valence-electron chi connectivity index (χ0n) is 10.6. The molecule has 1 aromatic carbocycles. The molecule has 0 amide bonds. The Labute approximate surface area is 117 Å². The molecule has 1 aromatic rings. The van der Waals surface area contributed by atoms with Gasteiger partial charge in [0.15, 0.2) is 0 Å². The Morgan fingerprint density at radius 3 is 2.68 bits per heavy atom. The fourth-order valence-corrected chi connectivity index (χ4v) is 3.03. The SMILES string of the molecule is C#CCN(C)S(=O)(=O)c1cc(Cl)cc(CNC)c1F. The number of hydrogen-bond donors (Lipinski definition) is 1. The molecule has 7 heteroatoms. The van der Waals surface area contributed by atoms with Crippen LogP contribution in [0.15, 0.2) is 17.0 Å². The molecule has 1 N–H and O–H groups in total. The third-order valence-corrected chi connectivity index (χ3v) is 4.47. The van der Waals surface area contributed by atoms with Crippen LogP contribution in [-0.4, -0.2) is 33.4 Å². The van der Waals surface area contributed by atoms with Gasteiger partial charge in [0.2, 0.25) is 10.0 Å². The van der Waals surface area contributed by atoms with E-state index in [0.29, 0.717) is 0 Å². The van der Waals surface area contributed by atoms with E-state index in [0.717, 1.165) is 10.4 Å². The minimum Gasteiger partial charge on any atom is -0.316 e. The Hall–Kier alpha value is -1.13. The van der Waals surface area contributed by atoms with Crippen molar-refractivity contribution in [3.05, 3.63) is 28.5 Å². The van der Waals surface area contributed by atoms with Gasteiger partial charge in [-0.15, -0.1) is 6.42 Å². The van der Waals surface area contributed by atoms with Crippen molar-refractivity contribution in [1.82, 2.24) is 9.62 Å². The third kappa shape index (κ3) is 3.45. The van der Waals surface area contributed by atoms with Crippen LogP contribution in [0, 0.1) is 18.2 Å². The summed E-state index contributed by atoms with van der Waals surface area (Å²) in [6.45, 7) is 0.0312. The molecule has 0 bridgehead atoms. The number of rotatable bonds is 5. The predicted molar refractivity (Wildman–Crippen MR) is 72.8 cm³/mol. The molecular weight excluding hydrogens is 291 g/mol. The molecule has 0 spiro atoms. The quantitative estimate of drug-likeness (QED) is 0.838. The molecule has 0 aromatic heterocycles. The summed E-state index contributed by atoms with van der Waals surface area (Å²) < 4.78 is 39.4. The van der Waals surface area contributed by atoms with Crippen molar-refractivity contribution in [3.63, 3.8) is 0 Å². The Morgan fingerprint density at radius 1 is 1.53 bits per heavy atom. The van der Waals surface area contributed by atoms with E-state index in [-0.39, 0.29) is 23.7 Å². The Bertz CT molecular complexity index is 611. The lowest BCUT2D eigenvalue weighted by Crippen LogP contribution is -2.28. The van der Waals surface area contributed by atoms with Crippen molar-refractivity contribution in [2.75, 3.05) is 20.6 Å². The molecule has 0 aliphatic heterocycles. The number of terminal acetylenes is 1. The van der Waals surface area contributed by atoms with Gasteiger partial charge in [-0.1, -0.05) is 17.5 Å². The molecule has 0 fully saturated rings. The van der Waals surface area contributed by atoms with Crippen molar-refractivity contribution >= 4 is 21.6 Å². The molecule has 4 nitrogen and oxygen atoms in total. The molecule has 0 saturated carbocycles. The van der Waals surface area contributed by atoms with E-state index in [1.165, 1.54) is 13.1 Å². The lowest BCUT2D eigenvalue weighted by atomic mass is 10.2. The molecule has 0 heterocycles. The summed E-state index contributed by atoms with van der Waals surface area (Å²) in [5, 5.41) is 2.90. The smallest absolute Gasteiger partial charge is 0.246 e. The molecule has 0 aliphatic carbocycles. The van der Waals surface area contributed by atoms with E-state index in [1.807, 2.05) is 0 Å². The second-order valence-corrected chi connectivity index (χ2v) is 6.32. The van der Waals surface area contributed by atoms with Gasteiger partial charge in [-0.25, -0.2) is 12.8 Å². The van der Waals surface area contributed by atoms with Gasteiger partial charge in [-0.05, 0) is 19.2 Å². The van der Waals surface area contributed by atoms with E-state index >= 15 is 0 Å². The summed E-state index contributed by atoms with van der Waals surface area (Å²) in [7, 11) is -1.08. The predicted octanol–water partition coefficient (Wildman–Crippen LogP) is 1.45. The summed E-state index contributed by atoms with van der Waals surface area (Å²) in [5.74, 6) is 1.38. The molecular formula is C12H14ClFN2O2S. The third-order valence-electron chi connectivity index (χ3n) is 2.45. The van der Waals surface area contributed by atoms with Crippen molar-refractivity contribution < 1.29 is 12.8 Å². The van der Waals surface area contributed by atoms with Gasteiger partial charge in [-0.2, -0.15) is 4.31 Å².